The van der Waals surface area contributed by atoms with Crippen LogP contribution >= 0.6 is 0 Å². The molecular formula is C18H25N3O3. The molecule has 0 radical (unpaired) electrons. The highest BCUT2D eigenvalue weighted by Crippen LogP contribution is 2.19. The van der Waals surface area contributed by atoms with Crippen LogP contribution in [-0.4, -0.2) is 29.9 Å². The molecule has 0 bridgehead atoms. The number of para-hydroxylation sites is 1. The second kappa shape index (κ2) is 8.28. The Morgan fingerprint density at radius 1 is 1.38 bits per heavy atom. The van der Waals surface area contributed by atoms with Crippen LogP contribution in [0.5, 0.6) is 0 Å². The standard InChI is InChI=1S/C18H25N3O3/c1-21-13-14(15-6-2-3-7-16(15)21)12-19-10-9-17(22)20-24-18-8-4-5-11-23-18/h2-3,6-7,13,18-19H,4-5,8-12H2,1H3,(H,20,22). The first-order chi connectivity index (χ1) is 11.7. The van der Waals surface area contributed by atoms with Gasteiger partial charge in [0.05, 0.1) is 0 Å². The highest BCUT2D eigenvalue weighted by Gasteiger charge is 2.15. The molecule has 1 unspecified atom stereocenters. The minimum absolute atomic E-state index is 0.130. The SMILES string of the molecule is Cn1cc(CNCCC(=O)NOC2CCCCO2)c2ccccc21. The van der Waals surface area contributed by atoms with Crippen molar-refractivity contribution >= 4 is 16.8 Å². The summed E-state index contributed by atoms with van der Waals surface area (Å²) in [5, 5.41) is 4.56. The van der Waals surface area contributed by atoms with Crippen molar-refractivity contribution in [1.82, 2.24) is 15.4 Å². The number of ether oxygens (including phenoxy) is 1. The minimum atomic E-state index is -0.300. The number of carbonyl (C=O) groups excluding carboxylic acids is 1. The number of nitrogens with zero attached hydrogens (tertiary/aromatic N) is 1. The molecule has 1 aromatic carbocycles. The first-order valence-electron chi connectivity index (χ1n) is 8.54. The average Bonchev–Trinajstić information content (AvgIpc) is 2.94. The number of hydrogen-bond donors (Lipinski definition) is 2. The van der Waals surface area contributed by atoms with Gasteiger partial charge in [0.1, 0.15) is 0 Å². The van der Waals surface area contributed by atoms with Crippen molar-refractivity contribution in [3.63, 3.8) is 0 Å². The van der Waals surface area contributed by atoms with E-state index in [1.165, 1.54) is 16.5 Å². The van der Waals surface area contributed by atoms with Crippen LogP contribution in [0.15, 0.2) is 30.5 Å². The van der Waals surface area contributed by atoms with E-state index in [1.807, 2.05) is 19.2 Å². The number of amides is 1. The number of aryl methyl sites for hydroxylation is 1. The molecule has 1 aliphatic rings. The van der Waals surface area contributed by atoms with E-state index in [4.69, 9.17) is 9.57 Å². The van der Waals surface area contributed by atoms with Crippen LogP contribution in [0.25, 0.3) is 10.9 Å². The smallest absolute Gasteiger partial charge is 0.244 e. The Kier molecular flexibility index (Phi) is 5.85. The third kappa shape index (κ3) is 4.35. The van der Waals surface area contributed by atoms with Gasteiger partial charge in [-0.2, -0.15) is 0 Å². The van der Waals surface area contributed by atoms with Crippen molar-refractivity contribution in [3.8, 4) is 0 Å². The van der Waals surface area contributed by atoms with Crippen molar-refractivity contribution < 1.29 is 14.4 Å². The molecule has 1 amide bonds. The molecule has 0 aliphatic carbocycles. The van der Waals surface area contributed by atoms with Crippen molar-refractivity contribution in [2.75, 3.05) is 13.2 Å². The Bertz CT molecular complexity index is 677. The quantitative estimate of drug-likeness (QED) is 0.603. The lowest BCUT2D eigenvalue weighted by atomic mass is 10.2. The summed E-state index contributed by atoms with van der Waals surface area (Å²) in [6.07, 6.45) is 5.17. The number of aromatic nitrogens is 1. The first kappa shape index (κ1) is 17.0. The molecule has 1 aliphatic heterocycles. The maximum Gasteiger partial charge on any atom is 0.244 e. The highest BCUT2D eigenvalue weighted by atomic mass is 16.8. The zero-order valence-electron chi connectivity index (χ0n) is 14.1. The summed E-state index contributed by atoms with van der Waals surface area (Å²) in [5.74, 6) is -0.130. The van der Waals surface area contributed by atoms with Crippen LogP contribution in [0.3, 0.4) is 0 Å². The predicted molar refractivity (Wildman–Crippen MR) is 92.1 cm³/mol. The fourth-order valence-corrected chi connectivity index (χ4v) is 2.98. The lowest BCUT2D eigenvalue weighted by Crippen LogP contribution is -2.34. The Hall–Kier alpha value is -1.89. The molecule has 0 spiro atoms. The molecule has 0 saturated carbocycles. The Morgan fingerprint density at radius 3 is 3.08 bits per heavy atom. The van der Waals surface area contributed by atoms with Crippen LogP contribution in [0.4, 0.5) is 0 Å². The Balaban J connectivity index is 1.37. The first-order valence-corrected chi connectivity index (χ1v) is 8.54. The fourth-order valence-electron chi connectivity index (χ4n) is 2.98. The topological polar surface area (TPSA) is 64.5 Å². The Labute approximate surface area is 142 Å². The van der Waals surface area contributed by atoms with Crippen molar-refractivity contribution in [1.29, 1.82) is 0 Å². The summed E-state index contributed by atoms with van der Waals surface area (Å²) in [7, 11) is 2.05. The van der Waals surface area contributed by atoms with Gasteiger partial charge in [0.2, 0.25) is 5.91 Å². The van der Waals surface area contributed by atoms with E-state index in [0.717, 1.165) is 25.8 Å². The van der Waals surface area contributed by atoms with Gasteiger partial charge in [0.15, 0.2) is 6.29 Å². The molecule has 1 saturated heterocycles. The molecular weight excluding hydrogens is 306 g/mol. The van der Waals surface area contributed by atoms with Crippen molar-refractivity contribution in [2.45, 2.75) is 38.5 Å². The summed E-state index contributed by atoms with van der Waals surface area (Å²) in [6, 6.07) is 8.32. The maximum absolute atomic E-state index is 11.8. The maximum atomic E-state index is 11.8. The van der Waals surface area contributed by atoms with E-state index in [1.54, 1.807) is 0 Å². The molecule has 1 atom stereocenters. The zero-order chi connectivity index (χ0) is 16.8. The number of nitrogens with one attached hydrogen (secondary N) is 2. The van der Waals surface area contributed by atoms with Gasteiger partial charge >= 0.3 is 0 Å². The normalized spacial score (nSPS) is 18.0. The summed E-state index contributed by atoms with van der Waals surface area (Å²) >= 11 is 0. The largest absolute Gasteiger partial charge is 0.350 e. The lowest BCUT2D eigenvalue weighted by molar-refractivity contribution is -0.200. The monoisotopic (exact) mass is 331 g/mol. The third-order valence-corrected chi connectivity index (χ3v) is 4.27. The van der Waals surface area contributed by atoms with Gasteiger partial charge in [0, 0.05) is 56.7 Å². The van der Waals surface area contributed by atoms with E-state index in [-0.39, 0.29) is 12.2 Å². The average molecular weight is 331 g/mol. The van der Waals surface area contributed by atoms with Gasteiger partial charge in [-0.25, -0.2) is 10.3 Å². The number of fused-ring (bicyclic) bond motifs is 1. The van der Waals surface area contributed by atoms with Gasteiger partial charge in [-0.3, -0.25) is 4.79 Å². The van der Waals surface area contributed by atoms with E-state index in [9.17, 15) is 4.79 Å². The third-order valence-electron chi connectivity index (χ3n) is 4.27. The molecule has 1 aromatic heterocycles. The van der Waals surface area contributed by atoms with Gasteiger partial charge < -0.3 is 14.6 Å². The molecule has 3 rings (SSSR count). The number of carbonyl (C=O) groups is 1. The molecule has 2 heterocycles. The molecule has 2 aromatic rings. The van der Waals surface area contributed by atoms with E-state index >= 15 is 0 Å². The summed E-state index contributed by atoms with van der Waals surface area (Å²) < 4.78 is 7.52. The fraction of sp³-hybridized carbons (Fsp3) is 0.500. The van der Waals surface area contributed by atoms with Gasteiger partial charge in [-0.1, -0.05) is 18.2 Å². The molecule has 1 fully saturated rings. The van der Waals surface area contributed by atoms with Crippen LogP contribution < -0.4 is 10.8 Å². The second-order valence-electron chi connectivity index (χ2n) is 6.15. The summed E-state index contributed by atoms with van der Waals surface area (Å²) in [4.78, 5) is 17.0. The summed E-state index contributed by atoms with van der Waals surface area (Å²) in [6.45, 7) is 2.04. The van der Waals surface area contributed by atoms with Crippen LogP contribution in [0, 0.1) is 0 Å². The molecule has 24 heavy (non-hydrogen) atoms. The van der Waals surface area contributed by atoms with E-state index in [0.29, 0.717) is 19.6 Å². The molecule has 130 valence electrons. The van der Waals surface area contributed by atoms with Gasteiger partial charge in [-0.05, 0) is 24.5 Å². The highest BCUT2D eigenvalue weighted by molar-refractivity contribution is 5.83. The van der Waals surface area contributed by atoms with Crippen molar-refractivity contribution in [2.24, 2.45) is 7.05 Å². The van der Waals surface area contributed by atoms with Crippen LogP contribution in [-0.2, 0) is 28.0 Å². The van der Waals surface area contributed by atoms with E-state index < -0.39 is 0 Å². The lowest BCUT2D eigenvalue weighted by Gasteiger charge is -2.22. The molecule has 6 heteroatoms. The predicted octanol–water partition coefficient (Wildman–Crippen LogP) is 2.23. The second-order valence-corrected chi connectivity index (χ2v) is 6.15. The van der Waals surface area contributed by atoms with Crippen LogP contribution in [0.2, 0.25) is 0 Å². The number of hydrogen-bond acceptors (Lipinski definition) is 4. The molecule has 6 nitrogen and oxygen atoms in total. The Morgan fingerprint density at radius 2 is 2.25 bits per heavy atom. The zero-order valence-corrected chi connectivity index (χ0v) is 14.1. The minimum Gasteiger partial charge on any atom is -0.350 e. The van der Waals surface area contributed by atoms with E-state index in [2.05, 4.69) is 33.7 Å². The summed E-state index contributed by atoms with van der Waals surface area (Å²) in [5.41, 5.74) is 4.93. The molecule has 2 N–H and O–H groups in total. The van der Waals surface area contributed by atoms with Gasteiger partial charge in [-0.15, -0.1) is 0 Å². The number of rotatable bonds is 7. The number of benzene rings is 1. The van der Waals surface area contributed by atoms with Crippen LogP contribution in [0.1, 0.15) is 31.2 Å². The van der Waals surface area contributed by atoms with Gasteiger partial charge in [0.25, 0.3) is 0 Å². The van der Waals surface area contributed by atoms with Crippen molar-refractivity contribution in [3.05, 3.63) is 36.0 Å². The number of hydroxylamine groups is 1.